The fourth-order valence-electron chi connectivity index (χ4n) is 3.29. The van der Waals surface area contributed by atoms with Gasteiger partial charge in [0.2, 0.25) is 10.0 Å². The monoisotopic (exact) mass is 310 g/mol. The second-order valence-corrected chi connectivity index (χ2v) is 8.59. The van der Waals surface area contributed by atoms with E-state index in [0.29, 0.717) is 35.4 Å². The Labute approximate surface area is 128 Å². The summed E-state index contributed by atoms with van der Waals surface area (Å²) in [6, 6.07) is 8.98. The predicted octanol–water partition coefficient (Wildman–Crippen LogP) is 2.38. The fourth-order valence-corrected chi connectivity index (χ4v) is 4.35. The van der Waals surface area contributed by atoms with E-state index in [1.165, 1.54) is 6.42 Å². The first-order chi connectivity index (χ1) is 9.80. The van der Waals surface area contributed by atoms with Crippen LogP contribution < -0.4 is 10.0 Å². The van der Waals surface area contributed by atoms with Gasteiger partial charge < -0.3 is 5.32 Å². The Morgan fingerprint density at radius 1 is 1.14 bits per heavy atom. The lowest BCUT2D eigenvalue weighted by molar-refractivity contribution is 0.362. The van der Waals surface area contributed by atoms with Crippen LogP contribution in [0.2, 0.25) is 0 Å². The van der Waals surface area contributed by atoms with Crippen molar-refractivity contribution in [2.45, 2.75) is 44.6 Å². The van der Waals surface area contributed by atoms with Gasteiger partial charge in [0.1, 0.15) is 0 Å². The quantitative estimate of drug-likeness (QED) is 0.793. The van der Waals surface area contributed by atoms with Gasteiger partial charge >= 0.3 is 0 Å². The maximum Gasteiger partial charge on any atom is 0.240 e. The summed E-state index contributed by atoms with van der Waals surface area (Å²) in [5.41, 5.74) is 0.390. The lowest BCUT2D eigenvalue weighted by Crippen LogP contribution is -2.38. The Balaban J connectivity index is 1.78. The molecule has 1 aromatic carbocycles. The summed E-state index contributed by atoms with van der Waals surface area (Å²) < 4.78 is 26.8. The van der Waals surface area contributed by atoms with Crippen LogP contribution in [0.5, 0.6) is 0 Å². The van der Waals surface area contributed by atoms with Crippen LogP contribution in [0.15, 0.2) is 35.2 Å². The van der Waals surface area contributed by atoms with Gasteiger partial charge in [0.05, 0.1) is 4.90 Å². The third-order valence-electron chi connectivity index (χ3n) is 4.21. The molecule has 0 saturated heterocycles. The van der Waals surface area contributed by atoms with E-state index in [2.05, 4.69) is 30.8 Å². The lowest BCUT2D eigenvalue weighted by atomic mass is 9.91. The minimum absolute atomic E-state index is 0.320. The maximum atomic E-state index is 12.1. The first kappa shape index (κ1) is 16.5. The molecule has 1 aromatic rings. The molecular weight excluding hydrogens is 284 g/mol. The van der Waals surface area contributed by atoms with Crippen molar-refractivity contribution >= 4 is 10.0 Å². The molecule has 4 nitrogen and oxygen atoms in total. The topological polar surface area (TPSA) is 58.2 Å². The zero-order valence-electron chi connectivity index (χ0n) is 13.1. The van der Waals surface area contributed by atoms with E-state index >= 15 is 0 Å². The molecule has 0 spiro atoms. The second-order valence-electron chi connectivity index (χ2n) is 6.82. The molecule has 1 saturated carbocycles. The van der Waals surface area contributed by atoms with Gasteiger partial charge in [-0.3, -0.25) is 0 Å². The van der Waals surface area contributed by atoms with Gasteiger partial charge in [-0.15, -0.1) is 0 Å². The van der Waals surface area contributed by atoms with Crippen LogP contribution in [-0.2, 0) is 10.0 Å². The summed E-state index contributed by atoms with van der Waals surface area (Å²) in [6.07, 6.45) is 2.38. The van der Waals surface area contributed by atoms with Crippen molar-refractivity contribution < 1.29 is 8.42 Å². The van der Waals surface area contributed by atoms with Crippen LogP contribution in [0.3, 0.4) is 0 Å². The van der Waals surface area contributed by atoms with Crippen LogP contribution in [0.1, 0.15) is 33.6 Å². The number of hydrogen-bond donors (Lipinski definition) is 2. The molecule has 0 bridgehead atoms. The summed E-state index contributed by atoms with van der Waals surface area (Å²) in [5.74, 6) is 0.644. The highest BCUT2D eigenvalue weighted by atomic mass is 32.2. The average Bonchev–Trinajstić information content (AvgIpc) is 2.68. The van der Waals surface area contributed by atoms with Gasteiger partial charge in [0, 0.05) is 19.1 Å². The normalized spacial score (nSPS) is 25.1. The second kappa shape index (κ2) is 6.46. The minimum Gasteiger partial charge on any atom is -0.312 e. The molecule has 0 aliphatic heterocycles. The number of sulfonamides is 1. The Hall–Kier alpha value is -0.910. The van der Waals surface area contributed by atoms with E-state index in [9.17, 15) is 8.42 Å². The zero-order valence-corrected chi connectivity index (χ0v) is 13.9. The summed E-state index contributed by atoms with van der Waals surface area (Å²) in [7, 11) is -3.38. The van der Waals surface area contributed by atoms with Crippen molar-refractivity contribution in [3.8, 4) is 0 Å². The fraction of sp³-hybridized carbons (Fsp3) is 0.625. The Morgan fingerprint density at radius 3 is 2.38 bits per heavy atom. The largest absolute Gasteiger partial charge is 0.312 e. The minimum atomic E-state index is -3.38. The van der Waals surface area contributed by atoms with Crippen LogP contribution >= 0.6 is 0 Å². The molecule has 0 heterocycles. The SMILES string of the molecule is CC1CC(C)(C)CC1NCCNS(=O)(=O)c1ccccc1. The van der Waals surface area contributed by atoms with Crippen LogP contribution in [0.4, 0.5) is 0 Å². The van der Waals surface area contributed by atoms with Gasteiger partial charge in [-0.05, 0) is 36.3 Å². The molecule has 118 valence electrons. The summed E-state index contributed by atoms with van der Waals surface area (Å²) >= 11 is 0. The van der Waals surface area contributed by atoms with Crippen LogP contribution in [-0.4, -0.2) is 27.5 Å². The number of nitrogens with one attached hydrogen (secondary N) is 2. The van der Waals surface area contributed by atoms with Crippen molar-refractivity contribution in [1.82, 2.24) is 10.0 Å². The number of hydrogen-bond acceptors (Lipinski definition) is 3. The Morgan fingerprint density at radius 2 is 1.81 bits per heavy atom. The maximum absolute atomic E-state index is 12.1. The Bertz CT molecular complexity index is 555. The van der Waals surface area contributed by atoms with Crippen molar-refractivity contribution in [2.75, 3.05) is 13.1 Å². The van der Waals surface area contributed by atoms with E-state index in [4.69, 9.17) is 0 Å². The van der Waals surface area contributed by atoms with Crippen molar-refractivity contribution in [3.63, 3.8) is 0 Å². The molecule has 2 rings (SSSR count). The van der Waals surface area contributed by atoms with E-state index in [1.807, 2.05) is 6.07 Å². The van der Waals surface area contributed by atoms with Crippen LogP contribution in [0, 0.1) is 11.3 Å². The first-order valence-corrected chi connectivity index (χ1v) is 9.07. The molecule has 21 heavy (non-hydrogen) atoms. The summed E-state index contributed by atoms with van der Waals surface area (Å²) in [5, 5.41) is 3.48. The molecule has 2 unspecified atom stereocenters. The van der Waals surface area contributed by atoms with Crippen molar-refractivity contribution in [3.05, 3.63) is 30.3 Å². The van der Waals surface area contributed by atoms with Crippen LogP contribution in [0.25, 0.3) is 0 Å². The molecule has 5 heteroatoms. The highest BCUT2D eigenvalue weighted by Crippen LogP contribution is 2.40. The lowest BCUT2D eigenvalue weighted by Gasteiger charge is -2.18. The van der Waals surface area contributed by atoms with Gasteiger partial charge in [-0.25, -0.2) is 13.1 Å². The molecular formula is C16H26N2O2S. The zero-order chi connectivity index (χ0) is 15.5. The first-order valence-electron chi connectivity index (χ1n) is 7.58. The van der Waals surface area contributed by atoms with E-state index in [0.717, 1.165) is 6.42 Å². The summed E-state index contributed by atoms with van der Waals surface area (Å²) in [6.45, 7) is 7.94. The molecule has 0 amide bonds. The smallest absolute Gasteiger partial charge is 0.240 e. The van der Waals surface area contributed by atoms with E-state index < -0.39 is 10.0 Å². The van der Waals surface area contributed by atoms with Gasteiger partial charge in [-0.2, -0.15) is 0 Å². The van der Waals surface area contributed by atoms with Gasteiger partial charge in [0.15, 0.2) is 0 Å². The molecule has 0 radical (unpaired) electrons. The Kier molecular flexibility index (Phi) is 5.07. The number of benzene rings is 1. The van der Waals surface area contributed by atoms with E-state index in [1.54, 1.807) is 24.3 Å². The van der Waals surface area contributed by atoms with E-state index in [-0.39, 0.29) is 0 Å². The van der Waals surface area contributed by atoms with Gasteiger partial charge in [0.25, 0.3) is 0 Å². The molecule has 0 aromatic heterocycles. The predicted molar refractivity (Wildman–Crippen MR) is 85.6 cm³/mol. The van der Waals surface area contributed by atoms with Crippen molar-refractivity contribution in [1.29, 1.82) is 0 Å². The molecule has 1 aliphatic rings. The summed E-state index contributed by atoms with van der Waals surface area (Å²) in [4.78, 5) is 0.320. The average molecular weight is 310 g/mol. The molecule has 2 atom stereocenters. The third kappa shape index (κ3) is 4.53. The van der Waals surface area contributed by atoms with Gasteiger partial charge in [-0.1, -0.05) is 39.0 Å². The molecule has 2 N–H and O–H groups in total. The van der Waals surface area contributed by atoms with Crippen molar-refractivity contribution in [2.24, 2.45) is 11.3 Å². The highest BCUT2D eigenvalue weighted by molar-refractivity contribution is 7.89. The molecule has 1 aliphatic carbocycles. The molecule has 1 fully saturated rings. The number of rotatable bonds is 6. The highest BCUT2D eigenvalue weighted by Gasteiger charge is 2.36. The standard InChI is InChI=1S/C16H26N2O2S/c1-13-11-16(2,3)12-15(13)17-9-10-18-21(19,20)14-7-5-4-6-8-14/h4-8,13,15,17-18H,9-12H2,1-3H3. The third-order valence-corrected chi connectivity index (χ3v) is 5.69.